The van der Waals surface area contributed by atoms with Crippen molar-refractivity contribution in [1.82, 2.24) is 14.5 Å². The lowest BCUT2D eigenvalue weighted by Gasteiger charge is -2.26. The van der Waals surface area contributed by atoms with Gasteiger partial charge in [-0.25, -0.2) is 23.7 Å². The molecular formula is C34H40FN5O5. The van der Waals surface area contributed by atoms with Gasteiger partial charge in [0.2, 0.25) is 0 Å². The summed E-state index contributed by atoms with van der Waals surface area (Å²) in [5.74, 6) is 0.435. The van der Waals surface area contributed by atoms with Crippen molar-refractivity contribution in [2.24, 2.45) is 5.41 Å². The van der Waals surface area contributed by atoms with Crippen LogP contribution in [0.5, 0.6) is 11.5 Å². The minimum Gasteiger partial charge on any atom is -0.487 e. The Morgan fingerprint density at radius 3 is 2.49 bits per heavy atom. The highest BCUT2D eigenvalue weighted by atomic mass is 19.1. The first-order valence-electron chi connectivity index (χ1n) is 14.6. The third kappa shape index (κ3) is 7.18. The zero-order valence-electron chi connectivity index (χ0n) is 27.1. The predicted molar refractivity (Wildman–Crippen MR) is 172 cm³/mol. The number of ether oxygens (including phenoxy) is 3. The summed E-state index contributed by atoms with van der Waals surface area (Å²) in [6.45, 7) is 16.6. The topological polar surface area (TPSA) is 123 Å². The van der Waals surface area contributed by atoms with Crippen molar-refractivity contribution in [3.63, 3.8) is 0 Å². The maximum Gasteiger partial charge on any atom is 0.420 e. The number of benzene rings is 2. The molecule has 0 aliphatic heterocycles. The van der Waals surface area contributed by atoms with Crippen LogP contribution in [0, 0.1) is 29.5 Å². The number of rotatable bonds is 9. The van der Waals surface area contributed by atoms with E-state index in [0.717, 1.165) is 0 Å². The molecular weight excluding hydrogens is 577 g/mol. The number of nitriles is 1. The summed E-state index contributed by atoms with van der Waals surface area (Å²) in [5.41, 5.74) is 0.829. The van der Waals surface area contributed by atoms with E-state index in [4.69, 9.17) is 19.2 Å². The van der Waals surface area contributed by atoms with Crippen molar-refractivity contribution in [2.45, 2.75) is 60.2 Å². The number of fused-ring (bicyclic) bond motifs is 3. The third-order valence-corrected chi connectivity index (χ3v) is 7.06. The van der Waals surface area contributed by atoms with Crippen LogP contribution in [-0.2, 0) is 4.74 Å². The number of halogens is 1. The van der Waals surface area contributed by atoms with Crippen molar-refractivity contribution >= 4 is 33.7 Å². The minimum atomic E-state index is -0.818. The first-order valence-corrected chi connectivity index (χ1v) is 14.6. The van der Waals surface area contributed by atoms with Crippen LogP contribution in [0.25, 0.3) is 33.2 Å². The van der Waals surface area contributed by atoms with Crippen LogP contribution < -0.4 is 14.4 Å². The molecule has 2 heterocycles. The molecule has 1 N–H and O–H groups in total. The van der Waals surface area contributed by atoms with Crippen molar-refractivity contribution in [3.8, 4) is 28.8 Å². The number of aryl methyl sites for hydroxylation is 1. The average Bonchev–Trinajstić information content (AvgIpc) is 3.26. The lowest BCUT2D eigenvalue weighted by Crippen LogP contribution is -2.32. The number of hydrogen-bond donors (Lipinski definition) is 1. The lowest BCUT2D eigenvalue weighted by atomic mass is 9.90. The van der Waals surface area contributed by atoms with Gasteiger partial charge >= 0.3 is 6.09 Å². The fourth-order valence-corrected chi connectivity index (χ4v) is 4.78. The summed E-state index contributed by atoms with van der Waals surface area (Å²) >= 11 is 0. The van der Waals surface area contributed by atoms with E-state index >= 15 is 4.39 Å². The summed E-state index contributed by atoms with van der Waals surface area (Å²) in [4.78, 5) is 25.0. The summed E-state index contributed by atoms with van der Waals surface area (Å²) in [6.07, 6.45) is 0.248. The zero-order valence-corrected chi connectivity index (χ0v) is 27.1. The van der Waals surface area contributed by atoms with E-state index < -0.39 is 29.0 Å². The molecule has 11 heteroatoms. The number of carbonyl (C=O) groups is 1. The highest BCUT2D eigenvalue weighted by molar-refractivity contribution is 6.19. The zero-order chi connectivity index (χ0) is 33.3. The summed E-state index contributed by atoms with van der Waals surface area (Å²) in [7, 11) is 1.78. The molecule has 1 unspecified atom stereocenters. The van der Waals surface area contributed by atoms with Gasteiger partial charge in [-0.15, -0.1) is 6.58 Å². The molecule has 1 atom stereocenters. The molecule has 0 saturated heterocycles. The molecule has 4 aromatic rings. The third-order valence-electron chi connectivity index (χ3n) is 7.06. The molecule has 0 saturated carbocycles. The maximum atomic E-state index is 15.3. The number of hydrogen-bond acceptors (Lipinski definition) is 9. The summed E-state index contributed by atoms with van der Waals surface area (Å²) < 4.78 is 34.1. The van der Waals surface area contributed by atoms with Crippen LogP contribution in [0.4, 0.5) is 14.9 Å². The maximum absolute atomic E-state index is 15.3. The van der Waals surface area contributed by atoms with Gasteiger partial charge in [0.1, 0.15) is 29.9 Å². The number of likely N-dealkylation sites (N-methyl/N-ethyl adjacent to an activating group) is 1. The lowest BCUT2D eigenvalue weighted by molar-refractivity contribution is 0.0210. The van der Waals surface area contributed by atoms with E-state index in [-0.39, 0.29) is 24.6 Å². The molecule has 4 rings (SSSR count). The molecule has 238 valence electrons. The fraction of sp³-hybridized carbons (Fsp3) is 0.412. The van der Waals surface area contributed by atoms with Gasteiger partial charge in [0, 0.05) is 24.5 Å². The number of aromatic nitrogens is 3. The molecule has 2 aromatic carbocycles. The van der Waals surface area contributed by atoms with Crippen molar-refractivity contribution < 1.29 is 28.5 Å². The summed E-state index contributed by atoms with van der Waals surface area (Å²) in [5, 5.41) is 20.6. The molecule has 0 spiro atoms. The minimum absolute atomic E-state index is 0.00623. The van der Waals surface area contributed by atoms with Crippen LogP contribution >= 0.6 is 0 Å². The molecule has 0 aliphatic carbocycles. The van der Waals surface area contributed by atoms with Gasteiger partial charge in [0.15, 0.2) is 23.8 Å². The van der Waals surface area contributed by atoms with Gasteiger partial charge in [-0.2, -0.15) is 5.26 Å². The van der Waals surface area contributed by atoms with Crippen LogP contribution in [0.2, 0.25) is 0 Å². The van der Waals surface area contributed by atoms with E-state index in [1.165, 1.54) is 16.7 Å². The molecule has 0 radical (unpaired) electrons. The Kier molecular flexibility index (Phi) is 9.40. The Morgan fingerprint density at radius 1 is 1.16 bits per heavy atom. The Morgan fingerprint density at radius 2 is 1.87 bits per heavy atom. The molecule has 2 aromatic heterocycles. The Balaban J connectivity index is 2.03. The van der Waals surface area contributed by atoms with Gasteiger partial charge < -0.3 is 24.2 Å². The standard InChI is InChI=1S/C34H40FN5O5/c1-10-14-39(9)24-18-22(35)17-23-28-29(37-20(2)38-31(28)40(30(23)24)32(42)45-34(6,7)8)21-11-12-25(26(16-21)43-15-13-36)44-19-27(41)33(3,4)5/h10-12,16-18,27,41H,1,14-15,19H2,2-9H3. The molecule has 45 heavy (non-hydrogen) atoms. The number of carbonyl (C=O) groups excluding carboxylic acids is 1. The second-order valence-corrected chi connectivity index (χ2v) is 12.9. The number of aliphatic hydroxyl groups excluding tert-OH is 1. The molecule has 0 bridgehead atoms. The number of nitrogens with zero attached hydrogens (tertiary/aromatic N) is 5. The first kappa shape index (κ1) is 33.2. The smallest absolute Gasteiger partial charge is 0.420 e. The van der Waals surface area contributed by atoms with Crippen LogP contribution in [0.15, 0.2) is 43.0 Å². The van der Waals surface area contributed by atoms with Crippen LogP contribution in [0.1, 0.15) is 47.4 Å². The predicted octanol–water partition coefficient (Wildman–Crippen LogP) is 6.79. The largest absolute Gasteiger partial charge is 0.487 e. The second kappa shape index (κ2) is 12.7. The first-order chi connectivity index (χ1) is 21.1. The van der Waals surface area contributed by atoms with E-state index in [0.29, 0.717) is 51.4 Å². The van der Waals surface area contributed by atoms with Gasteiger partial charge in [0.05, 0.1) is 28.4 Å². The highest BCUT2D eigenvalue weighted by Crippen LogP contribution is 2.42. The Hall–Kier alpha value is -4.69. The van der Waals surface area contributed by atoms with Crippen molar-refractivity contribution in [2.75, 3.05) is 31.7 Å². The van der Waals surface area contributed by atoms with Gasteiger partial charge in [-0.1, -0.05) is 26.8 Å². The van der Waals surface area contributed by atoms with Gasteiger partial charge in [-0.3, -0.25) is 0 Å². The summed E-state index contributed by atoms with van der Waals surface area (Å²) in [6, 6.07) is 9.75. The van der Waals surface area contributed by atoms with Gasteiger partial charge in [0.25, 0.3) is 0 Å². The molecule has 0 fully saturated rings. The second-order valence-electron chi connectivity index (χ2n) is 12.9. The highest BCUT2D eigenvalue weighted by Gasteiger charge is 2.29. The SMILES string of the molecule is C=CCN(C)c1cc(F)cc2c3c(-c4ccc(OCC(O)C(C)(C)C)c(OCC#N)c4)nc(C)nc3n(C(=O)OC(C)(C)C)c12. The van der Waals surface area contributed by atoms with Crippen molar-refractivity contribution in [3.05, 3.63) is 54.6 Å². The monoisotopic (exact) mass is 617 g/mol. The van der Waals surface area contributed by atoms with Crippen LogP contribution in [-0.4, -0.2) is 64.2 Å². The number of anilines is 1. The molecule has 10 nitrogen and oxygen atoms in total. The molecule has 0 amide bonds. The van der Waals surface area contributed by atoms with Crippen molar-refractivity contribution in [1.29, 1.82) is 5.26 Å². The molecule has 0 aliphatic rings. The Bertz CT molecular complexity index is 1800. The quantitative estimate of drug-likeness (QED) is 0.202. The fourth-order valence-electron chi connectivity index (χ4n) is 4.78. The van der Waals surface area contributed by atoms with Gasteiger partial charge in [-0.05, 0) is 63.4 Å². The van der Waals surface area contributed by atoms with E-state index in [2.05, 4.69) is 11.6 Å². The average molecular weight is 618 g/mol. The number of aliphatic hydroxyl groups is 1. The van der Waals surface area contributed by atoms with E-state index in [1.54, 1.807) is 63.9 Å². The van der Waals surface area contributed by atoms with E-state index in [1.807, 2.05) is 26.8 Å². The van der Waals surface area contributed by atoms with Crippen LogP contribution in [0.3, 0.4) is 0 Å². The van der Waals surface area contributed by atoms with E-state index in [9.17, 15) is 15.2 Å². The Labute approximate surface area is 262 Å². The normalized spacial score (nSPS) is 12.6.